The summed E-state index contributed by atoms with van der Waals surface area (Å²) in [6, 6.07) is 0. The first-order valence-electron chi connectivity index (χ1n) is 7.90. The molecular formula is C15H26N2O3. The van der Waals surface area contributed by atoms with E-state index < -0.39 is 0 Å². The molecule has 0 unspecified atom stereocenters. The lowest BCUT2D eigenvalue weighted by atomic mass is 10.2. The number of carbonyl (C=O) groups excluding carboxylic acids is 2. The fourth-order valence-electron chi connectivity index (χ4n) is 2.80. The molecule has 0 saturated carbocycles. The number of ether oxygens (including phenoxy) is 1. The minimum absolute atomic E-state index is 0.227. The van der Waals surface area contributed by atoms with Crippen LogP contribution in [0.25, 0.3) is 0 Å². The summed E-state index contributed by atoms with van der Waals surface area (Å²) in [5, 5.41) is 0. The molecule has 0 spiro atoms. The molecule has 20 heavy (non-hydrogen) atoms. The van der Waals surface area contributed by atoms with Gasteiger partial charge in [0.15, 0.2) is 0 Å². The Kier molecular flexibility index (Phi) is 6.30. The normalized spacial score (nSPS) is 20.6. The van der Waals surface area contributed by atoms with Crippen molar-refractivity contribution in [3.8, 4) is 0 Å². The van der Waals surface area contributed by atoms with E-state index in [1.807, 2.05) is 9.80 Å². The number of likely N-dealkylation sites (tertiary alicyclic amines) is 2. The van der Waals surface area contributed by atoms with Crippen molar-refractivity contribution in [2.45, 2.75) is 51.4 Å². The summed E-state index contributed by atoms with van der Waals surface area (Å²) in [6.07, 6.45) is 7.57. The Balaban J connectivity index is 1.50. The largest absolute Gasteiger partial charge is 0.361 e. The van der Waals surface area contributed by atoms with E-state index >= 15 is 0 Å². The highest BCUT2D eigenvalue weighted by atomic mass is 16.5. The van der Waals surface area contributed by atoms with Crippen molar-refractivity contribution >= 4 is 11.8 Å². The highest BCUT2D eigenvalue weighted by molar-refractivity contribution is 5.78. The number of hydrogen-bond donors (Lipinski definition) is 0. The molecule has 2 saturated heterocycles. The summed E-state index contributed by atoms with van der Waals surface area (Å²) >= 11 is 0. The molecule has 2 amide bonds. The number of hydrogen-bond acceptors (Lipinski definition) is 3. The quantitative estimate of drug-likeness (QED) is 0.669. The maximum atomic E-state index is 11.7. The molecule has 2 fully saturated rings. The molecule has 5 nitrogen and oxygen atoms in total. The average molecular weight is 282 g/mol. The smallest absolute Gasteiger partial charge is 0.224 e. The number of amides is 2. The monoisotopic (exact) mass is 282 g/mol. The number of nitrogens with zero attached hydrogens (tertiary/aromatic N) is 2. The second-order valence-corrected chi connectivity index (χ2v) is 5.70. The number of carbonyl (C=O) groups is 2. The van der Waals surface area contributed by atoms with Gasteiger partial charge in [-0.15, -0.1) is 0 Å². The molecule has 0 radical (unpaired) electrons. The molecule has 0 aromatic rings. The van der Waals surface area contributed by atoms with E-state index in [0.29, 0.717) is 32.1 Å². The van der Waals surface area contributed by atoms with Crippen LogP contribution in [0, 0.1) is 0 Å². The molecule has 0 aromatic heterocycles. The predicted molar refractivity (Wildman–Crippen MR) is 76.0 cm³/mol. The molecule has 0 aliphatic carbocycles. The van der Waals surface area contributed by atoms with Crippen LogP contribution in [0.5, 0.6) is 0 Å². The third-order valence-electron chi connectivity index (χ3n) is 4.06. The minimum atomic E-state index is 0.227. The summed E-state index contributed by atoms with van der Waals surface area (Å²) in [7, 11) is 0. The molecule has 2 heterocycles. The second kappa shape index (κ2) is 8.25. The molecule has 0 atom stereocenters. The first kappa shape index (κ1) is 15.3. The van der Waals surface area contributed by atoms with Gasteiger partial charge in [-0.1, -0.05) is 6.42 Å². The van der Waals surface area contributed by atoms with Crippen LogP contribution in [0.1, 0.15) is 51.4 Å². The van der Waals surface area contributed by atoms with Crippen LogP contribution in [-0.4, -0.2) is 54.6 Å². The van der Waals surface area contributed by atoms with E-state index in [9.17, 15) is 9.59 Å². The van der Waals surface area contributed by atoms with E-state index in [2.05, 4.69) is 0 Å². The van der Waals surface area contributed by atoms with Gasteiger partial charge in [0.1, 0.15) is 6.73 Å². The Morgan fingerprint density at radius 1 is 0.850 bits per heavy atom. The van der Waals surface area contributed by atoms with Gasteiger partial charge in [-0.3, -0.25) is 9.59 Å². The van der Waals surface area contributed by atoms with Crippen molar-refractivity contribution in [1.29, 1.82) is 0 Å². The van der Waals surface area contributed by atoms with Gasteiger partial charge in [-0.05, 0) is 32.1 Å². The molecular weight excluding hydrogens is 256 g/mol. The Labute approximate surface area is 121 Å². The Hall–Kier alpha value is -1.10. The predicted octanol–water partition coefficient (Wildman–Crippen LogP) is 1.77. The molecule has 2 aliphatic rings. The van der Waals surface area contributed by atoms with Crippen molar-refractivity contribution in [2.75, 3.05) is 33.0 Å². The number of unbranched alkanes of at least 4 members (excludes halogenated alkanes) is 1. The van der Waals surface area contributed by atoms with Crippen molar-refractivity contribution in [2.24, 2.45) is 0 Å². The Morgan fingerprint density at radius 3 is 2.40 bits per heavy atom. The summed E-state index contributed by atoms with van der Waals surface area (Å²) in [5.41, 5.74) is 0. The molecule has 2 aliphatic heterocycles. The van der Waals surface area contributed by atoms with E-state index in [4.69, 9.17) is 4.74 Å². The van der Waals surface area contributed by atoms with Crippen LogP contribution in [-0.2, 0) is 14.3 Å². The summed E-state index contributed by atoms with van der Waals surface area (Å²) < 4.78 is 5.59. The van der Waals surface area contributed by atoms with Crippen LogP contribution < -0.4 is 0 Å². The third-order valence-corrected chi connectivity index (χ3v) is 4.06. The van der Waals surface area contributed by atoms with Gasteiger partial charge < -0.3 is 14.5 Å². The van der Waals surface area contributed by atoms with Crippen molar-refractivity contribution in [1.82, 2.24) is 9.80 Å². The van der Waals surface area contributed by atoms with Crippen LogP contribution >= 0.6 is 0 Å². The van der Waals surface area contributed by atoms with Crippen LogP contribution in [0.3, 0.4) is 0 Å². The van der Waals surface area contributed by atoms with Gasteiger partial charge in [-0.2, -0.15) is 0 Å². The molecule has 2 rings (SSSR count). The lowest BCUT2D eigenvalue weighted by Crippen LogP contribution is -2.32. The maximum absolute atomic E-state index is 11.7. The summed E-state index contributed by atoms with van der Waals surface area (Å²) in [6.45, 7) is 3.71. The van der Waals surface area contributed by atoms with E-state index in [1.165, 1.54) is 0 Å². The lowest BCUT2D eigenvalue weighted by Gasteiger charge is -2.20. The Morgan fingerprint density at radius 2 is 1.60 bits per heavy atom. The van der Waals surface area contributed by atoms with Crippen molar-refractivity contribution < 1.29 is 14.3 Å². The van der Waals surface area contributed by atoms with Gasteiger partial charge in [0.2, 0.25) is 11.8 Å². The lowest BCUT2D eigenvalue weighted by molar-refractivity contribution is -0.136. The standard InChI is InChI=1S/C15H26N2O3/c18-14-8-6-11-16(14)9-4-5-12-20-13-17-10-3-1-2-7-15(17)19/h1-13H2. The number of rotatable bonds is 7. The highest BCUT2D eigenvalue weighted by Crippen LogP contribution is 2.12. The van der Waals surface area contributed by atoms with Gasteiger partial charge in [-0.25, -0.2) is 0 Å². The molecule has 0 aromatic carbocycles. The van der Waals surface area contributed by atoms with Crippen LogP contribution in [0.2, 0.25) is 0 Å². The van der Waals surface area contributed by atoms with Gasteiger partial charge in [0, 0.05) is 39.1 Å². The minimum Gasteiger partial charge on any atom is -0.361 e. The summed E-state index contributed by atoms with van der Waals surface area (Å²) in [4.78, 5) is 26.9. The molecule has 0 N–H and O–H groups in total. The molecule has 0 bridgehead atoms. The summed E-state index contributed by atoms with van der Waals surface area (Å²) in [5.74, 6) is 0.520. The third kappa shape index (κ3) is 4.78. The molecule has 114 valence electrons. The van der Waals surface area contributed by atoms with E-state index in [0.717, 1.165) is 58.2 Å². The topological polar surface area (TPSA) is 49.9 Å². The average Bonchev–Trinajstić information content (AvgIpc) is 2.73. The van der Waals surface area contributed by atoms with E-state index in [-0.39, 0.29) is 5.91 Å². The van der Waals surface area contributed by atoms with E-state index in [1.54, 1.807) is 0 Å². The fourth-order valence-corrected chi connectivity index (χ4v) is 2.80. The van der Waals surface area contributed by atoms with Gasteiger partial charge in [0.05, 0.1) is 0 Å². The fraction of sp³-hybridized carbons (Fsp3) is 0.867. The highest BCUT2D eigenvalue weighted by Gasteiger charge is 2.19. The first-order valence-corrected chi connectivity index (χ1v) is 7.90. The maximum Gasteiger partial charge on any atom is 0.224 e. The second-order valence-electron chi connectivity index (χ2n) is 5.70. The first-order chi connectivity index (χ1) is 9.77. The zero-order chi connectivity index (χ0) is 14.2. The molecule has 5 heteroatoms. The van der Waals surface area contributed by atoms with Crippen molar-refractivity contribution in [3.63, 3.8) is 0 Å². The van der Waals surface area contributed by atoms with Gasteiger partial charge >= 0.3 is 0 Å². The van der Waals surface area contributed by atoms with Crippen LogP contribution in [0.15, 0.2) is 0 Å². The zero-order valence-corrected chi connectivity index (χ0v) is 12.3. The van der Waals surface area contributed by atoms with Crippen molar-refractivity contribution in [3.05, 3.63) is 0 Å². The Bertz CT molecular complexity index is 333. The van der Waals surface area contributed by atoms with Gasteiger partial charge in [0.25, 0.3) is 0 Å². The SMILES string of the molecule is O=C1CCCN1CCCCOCN1CCCCCC1=O. The zero-order valence-electron chi connectivity index (χ0n) is 12.3. The van der Waals surface area contributed by atoms with Crippen LogP contribution in [0.4, 0.5) is 0 Å².